The molecule has 0 saturated heterocycles. The Bertz CT molecular complexity index is 643. The fourth-order valence-corrected chi connectivity index (χ4v) is 1.80. The van der Waals surface area contributed by atoms with Gasteiger partial charge < -0.3 is 5.11 Å². The zero-order chi connectivity index (χ0) is 12.7. The Morgan fingerprint density at radius 3 is 2.65 bits per heavy atom. The molecule has 2 aromatic rings. The molecule has 0 spiro atoms. The Balaban J connectivity index is 2.95. The van der Waals surface area contributed by atoms with Crippen LogP contribution < -0.4 is 0 Å². The highest BCUT2D eigenvalue weighted by molar-refractivity contribution is 6.35. The summed E-state index contributed by atoms with van der Waals surface area (Å²) in [5.74, 6) is -2.85. The molecule has 3 nitrogen and oxygen atoms in total. The van der Waals surface area contributed by atoms with E-state index >= 15 is 0 Å². The first-order chi connectivity index (χ1) is 7.91. The summed E-state index contributed by atoms with van der Waals surface area (Å²) in [5.41, 5.74) is -0.718. The van der Waals surface area contributed by atoms with E-state index in [2.05, 4.69) is 4.98 Å². The molecule has 0 aliphatic rings. The molecular weight excluding hydrogens is 252 g/mol. The minimum Gasteiger partial charge on any atom is -0.477 e. The maximum atomic E-state index is 13.7. The van der Waals surface area contributed by atoms with Gasteiger partial charge in [-0.3, -0.25) is 0 Å². The monoisotopic (exact) mass is 257 g/mol. The van der Waals surface area contributed by atoms with Gasteiger partial charge in [-0.15, -0.1) is 0 Å². The van der Waals surface area contributed by atoms with Crippen LogP contribution in [0.25, 0.3) is 10.9 Å². The van der Waals surface area contributed by atoms with E-state index in [0.29, 0.717) is 0 Å². The van der Waals surface area contributed by atoms with Gasteiger partial charge in [-0.05, 0) is 24.6 Å². The number of pyridine rings is 1. The maximum absolute atomic E-state index is 13.7. The summed E-state index contributed by atoms with van der Waals surface area (Å²) >= 11 is 5.75. The number of nitrogens with zero attached hydrogens (tertiary/aromatic N) is 1. The van der Waals surface area contributed by atoms with Crippen molar-refractivity contribution in [2.75, 3.05) is 0 Å². The Morgan fingerprint density at radius 2 is 2.06 bits per heavy atom. The van der Waals surface area contributed by atoms with Crippen molar-refractivity contribution in [2.24, 2.45) is 0 Å². The number of carbonyl (C=O) groups is 1. The molecular formula is C11H6ClF2NO2. The molecule has 0 bridgehead atoms. The van der Waals surface area contributed by atoms with E-state index in [1.54, 1.807) is 0 Å². The van der Waals surface area contributed by atoms with Crippen LogP contribution in [0.2, 0.25) is 5.02 Å². The third kappa shape index (κ3) is 1.82. The lowest BCUT2D eigenvalue weighted by Crippen LogP contribution is -2.03. The average Bonchev–Trinajstić information content (AvgIpc) is 2.25. The Kier molecular flexibility index (Phi) is 2.71. The van der Waals surface area contributed by atoms with E-state index in [0.717, 1.165) is 12.1 Å². The average molecular weight is 258 g/mol. The number of rotatable bonds is 1. The van der Waals surface area contributed by atoms with E-state index in [1.165, 1.54) is 6.92 Å². The highest BCUT2D eigenvalue weighted by atomic mass is 35.5. The predicted octanol–water partition coefficient (Wildman–Crippen LogP) is 3.17. The van der Waals surface area contributed by atoms with Crippen LogP contribution in [0.5, 0.6) is 0 Å². The van der Waals surface area contributed by atoms with Crippen molar-refractivity contribution >= 4 is 28.5 Å². The molecule has 1 heterocycles. The lowest BCUT2D eigenvalue weighted by atomic mass is 10.1. The first-order valence-corrected chi connectivity index (χ1v) is 4.97. The lowest BCUT2D eigenvalue weighted by molar-refractivity contribution is 0.0691. The summed E-state index contributed by atoms with van der Waals surface area (Å²) in [4.78, 5) is 14.3. The molecule has 2 rings (SSSR count). The third-order valence-electron chi connectivity index (χ3n) is 2.33. The molecule has 0 radical (unpaired) electrons. The van der Waals surface area contributed by atoms with Gasteiger partial charge in [0.25, 0.3) is 0 Å². The number of carboxylic acids is 1. The minimum absolute atomic E-state index is 0.0850. The van der Waals surface area contributed by atoms with Gasteiger partial charge in [-0.2, -0.15) is 0 Å². The van der Waals surface area contributed by atoms with Gasteiger partial charge in [-0.25, -0.2) is 18.6 Å². The second-order valence-electron chi connectivity index (χ2n) is 3.51. The largest absolute Gasteiger partial charge is 0.477 e. The van der Waals surface area contributed by atoms with Crippen LogP contribution in [0.3, 0.4) is 0 Å². The number of aryl methyl sites for hydroxylation is 1. The van der Waals surface area contributed by atoms with Crippen molar-refractivity contribution in [1.29, 1.82) is 0 Å². The summed E-state index contributed by atoms with van der Waals surface area (Å²) in [7, 11) is 0. The molecule has 0 fully saturated rings. The summed E-state index contributed by atoms with van der Waals surface area (Å²) in [6.07, 6.45) is 0. The van der Waals surface area contributed by atoms with Gasteiger partial charge in [0.05, 0.1) is 10.4 Å². The maximum Gasteiger partial charge on any atom is 0.354 e. The van der Waals surface area contributed by atoms with Gasteiger partial charge in [0.15, 0.2) is 5.69 Å². The highest BCUT2D eigenvalue weighted by Crippen LogP contribution is 2.29. The second-order valence-corrected chi connectivity index (χ2v) is 3.91. The van der Waals surface area contributed by atoms with Crippen LogP contribution in [0, 0.1) is 18.6 Å². The lowest BCUT2D eigenvalue weighted by Gasteiger charge is -2.06. The van der Waals surface area contributed by atoms with Crippen molar-refractivity contribution < 1.29 is 18.7 Å². The highest BCUT2D eigenvalue weighted by Gasteiger charge is 2.17. The zero-order valence-electron chi connectivity index (χ0n) is 8.59. The molecule has 17 heavy (non-hydrogen) atoms. The van der Waals surface area contributed by atoms with Gasteiger partial charge in [0, 0.05) is 0 Å². The van der Waals surface area contributed by atoms with Gasteiger partial charge in [0.2, 0.25) is 0 Å². The first kappa shape index (κ1) is 11.7. The smallest absolute Gasteiger partial charge is 0.354 e. The summed E-state index contributed by atoms with van der Waals surface area (Å²) in [6, 6.07) is 1.95. The summed E-state index contributed by atoms with van der Waals surface area (Å²) in [6.45, 7) is 1.39. The molecule has 1 N–H and O–H groups in total. The van der Waals surface area contributed by atoms with Crippen molar-refractivity contribution in [1.82, 2.24) is 4.98 Å². The molecule has 0 aliphatic carbocycles. The fourth-order valence-electron chi connectivity index (χ4n) is 1.52. The van der Waals surface area contributed by atoms with E-state index < -0.39 is 23.3 Å². The molecule has 0 aliphatic heterocycles. The van der Waals surface area contributed by atoms with Gasteiger partial charge in [0.1, 0.15) is 17.2 Å². The van der Waals surface area contributed by atoms with Crippen LogP contribution in [0.1, 0.15) is 16.1 Å². The SMILES string of the molecule is Cc1cc(F)c2nc(C(=O)O)cc(Cl)c2c1F. The second kappa shape index (κ2) is 3.92. The van der Waals surface area contributed by atoms with Crippen LogP contribution in [0.4, 0.5) is 8.78 Å². The van der Waals surface area contributed by atoms with Crippen LogP contribution in [-0.2, 0) is 0 Å². The Labute approximate surface area is 99.7 Å². The number of hydrogen-bond acceptors (Lipinski definition) is 2. The standard InChI is InChI=1S/C11H6ClF2NO2/c1-4-2-6(13)10-8(9(4)14)5(12)3-7(15-10)11(16)17/h2-3H,1H3,(H,16,17). The van der Waals surface area contributed by atoms with Crippen LogP contribution >= 0.6 is 11.6 Å². The number of hydrogen-bond donors (Lipinski definition) is 1. The van der Waals surface area contributed by atoms with E-state index in [-0.39, 0.29) is 21.5 Å². The van der Waals surface area contributed by atoms with E-state index in [9.17, 15) is 13.6 Å². The Morgan fingerprint density at radius 1 is 1.41 bits per heavy atom. The molecule has 1 aromatic carbocycles. The van der Waals surface area contributed by atoms with E-state index in [1.807, 2.05) is 0 Å². The molecule has 88 valence electrons. The summed E-state index contributed by atoms with van der Waals surface area (Å²) in [5, 5.41) is 8.37. The number of aromatic carboxylic acids is 1. The quantitative estimate of drug-likeness (QED) is 0.854. The molecule has 6 heteroatoms. The molecule has 0 amide bonds. The molecule has 1 aromatic heterocycles. The molecule has 0 unspecified atom stereocenters. The van der Waals surface area contributed by atoms with Crippen molar-refractivity contribution in [3.8, 4) is 0 Å². The third-order valence-corrected chi connectivity index (χ3v) is 2.62. The van der Waals surface area contributed by atoms with Gasteiger partial charge in [-0.1, -0.05) is 11.6 Å². The van der Waals surface area contributed by atoms with Crippen molar-refractivity contribution in [3.63, 3.8) is 0 Å². The van der Waals surface area contributed by atoms with Crippen molar-refractivity contribution in [3.05, 3.63) is 40.0 Å². The normalized spacial score (nSPS) is 10.8. The molecule has 0 atom stereocenters. The first-order valence-electron chi connectivity index (χ1n) is 4.60. The fraction of sp³-hybridized carbons (Fsp3) is 0.0909. The van der Waals surface area contributed by atoms with Gasteiger partial charge >= 0.3 is 5.97 Å². The Hall–Kier alpha value is -1.75. The zero-order valence-corrected chi connectivity index (χ0v) is 9.35. The topological polar surface area (TPSA) is 50.2 Å². The number of halogens is 3. The van der Waals surface area contributed by atoms with Crippen LogP contribution in [0.15, 0.2) is 12.1 Å². The van der Waals surface area contributed by atoms with Crippen molar-refractivity contribution in [2.45, 2.75) is 6.92 Å². The number of fused-ring (bicyclic) bond motifs is 1. The minimum atomic E-state index is -1.35. The van der Waals surface area contributed by atoms with E-state index in [4.69, 9.17) is 16.7 Å². The predicted molar refractivity (Wildman–Crippen MR) is 58.4 cm³/mol. The van der Waals surface area contributed by atoms with Crippen LogP contribution in [-0.4, -0.2) is 16.1 Å². The number of carboxylic acid groups (broad SMARTS) is 1. The molecule has 0 saturated carbocycles. The number of benzene rings is 1. The summed E-state index contributed by atoms with van der Waals surface area (Å²) < 4.78 is 27.3. The number of aromatic nitrogens is 1.